The molecule has 0 unspecified atom stereocenters. The van der Waals surface area contributed by atoms with E-state index in [9.17, 15) is 9.65 Å². The van der Waals surface area contributed by atoms with Gasteiger partial charge in [0, 0.05) is 16.8 Å². The fourth-order valence-corrected chi connectivity index (χ4v) is 4.09. The highest BCUT2D eigenvalue weighted by Crippen LogP contribution is 2.41. The molecule has 0 fully saturated rings. The number of aromatic nitrogens is 1. The molecule has 0 aliphatic carbocycles. The molecule has 0 bridgehead atoms. The van der Waals surface area contributed by atoms with Crippen LogP contribution in [-0.2, 0) is 6.61 Å². The molecule has 1 heterocycles. The minimum atomic E-state index is -0.284. The SMILES string of the molecule is Cc1nc(N)c(C#N)c(-c2ccc(OCc3ccc(F)cc3)c(Br)c2)c1-c1ccccc1. The van der Waals surface area contributed by atoms with Crippen molar-refractivity contribution < 1.29 is 9.13 Å². The third kappa shape index (κ3) is 4.34. The molecule has 0 saturated carbocycles. The van der Waals surface area contributed by atoms with Crippen LogP contribution in [0, 0.1) is 24.1 Å². The number of hydrogen-bond acceptors (Lipinski definition) is 4. The number of hydrogen-bond donors (Lipinski definition) is 1. The van der Waals surface area contributed by atoms with E-state index in [1.807, 2.05) is 55.5 Å². The zero-order chi connectivity index (χ0) is 22.7. The van der Waals surface area contributed by atoms with Crippen molar-refractivity contribution in [2.45, 2.75) is 13.5 Å². The zero-order valence-electron chi connectivity index (χ0n) is 17.3. The predicted molar refractivity (Wildman–Crippen MR) is 127 cm³/mol. The number of pyridine rings is 1. The lowest BCUT2D eigenvalue weighted by Crippen LogP contribution is -2.03. The van der Waals surface area contributed by atoms with Gasteiger partial charge in [0.2, 0.25) is 0 Å². The van der Waals surface area contributed by atoms with Crippen LogP contribution >= 0.6 is 15.9 Å². The van der Waals surface area contributed by atoms with Crippen molar-refractivity contribution in [3.63, 3.8) is 0 Å². The fourth-order valence-electron chi connectivity index (χ4n) is 3.60. The summed E-state index contributed by atoms with van der Waals surface area (Å²) in [6.07, 6.45) is 0. The van der Waals surface area contributed by atoms with Crippen LogP contribution < -0.4 is 10.5 Å². The monoisotopic (exact) mass is 487 g/mol. The van der Waals surface area contributed by atoms with E-state index < -0.39 is 0 Å². The van der Waals surface area contributed by atoms with Gasteiger partial charge in [-0.15, -0.1) is 0 Å². The van der Waals surface area contributed by atoms with Gasteiger partial charge >= 0.3 is 0 Å². The van der Waals surface area contributed by atoms with E-state index in [1.165, 1.54) is 12.1 Å². The predicted octanol–water partition coefficient (Wildman–Crippen LogP) is 6.66. The van der Waals surface area contributed by atoms with E-state index in [0.29, 0.717) is 17.9 Å². The van der Waals surface area contributed by atoms with Gasteiger partial charge in [-0.2, -0.15) is 5.26 Å². The highest BCUT2D eigenvalue weighted by Gasteiger charge is 2.20. The summed E-state index contributed by atoms with van der Waals surface area (Å²) in [5.41, 5.74) is 11.4. The van der Waals surface area contributed by atoms with Crippen molar-refractivity contribution in [2.24, 2.45) is 0 Å². The molecule has 0 amide bonds. The van der Waals surface area contributed by atoms with Crippen molar-refractivity contribution in [3.05, 3.63) is 99.9 Å². The number of anilines is 1. The molecule has 2 N–H and O–H groups in total. The molecule has 4 nitrogen and oxygen atoms in total. The lowest BCUT2D eigenvalue weighted by atomic mass is 9.90. The molecule has 0 aliphatic rings. The van der Waals surface area contributed by atoms with Gasteiger partial charge in [-0.25, -0.2) is 9.37 Å². The summed E-state index contributed by atoms with van der Waals surface area (Å²) in [6.45, 7) is 2.19. The average Bonchev–Trinajstić information content (AvgIpc) is 2.79. The van der Waals surface area contributed by atoms with E-state index >= 15 is 0 Å². The lowest BCUT2D eigenvalue weighted by Gasteiger charge is -2.17. The Hall–Kier alpha value is -3.69. The summed E-state index contributed by atoms with van der Waals surface area (Å²) in [5.74, 6) is 0.553. The van der Waals surface area contributed by atoms with Crippen molar-refractivity contribution >= 4 is 21.7 Å². The molecule has 158 valence electrons. The summed E-state index contributed by atoms with van der Waals surface area (Å²) in [5, 5.41) is 9.84. The molecule has 32 heavy (non-hydrogen) atoms. The van der Waals surface area contributed by atoms with Gasteiger partial charge in [0.15, 0.2) is 0 Å². The number of halogens is 2. The Bertz CT molecular complexity index is 1320. The van der Waals surface area contributed by atoms with Gasteiger partial charge in [0.1, 0.15) is 35.6 Å². The molecule has 1 aromatic heterocycles. The largest absolute Gasteiger partial charge is 0.488 e. The van der Waals surface area contributed by atoms with Crippen LogP contribution in [0.1, 0.15) is 16.8 Å². The highest BCUT2D eigenvalue weighted by molar-refractivity contribution is 9.10. The summed E-state index contributed by atoms with van der Waals surface area (Å²) in [7, 11) is 0. The van der Waals surface area contributed by atoms with Crippen molar-refractivity contribution in [1.82, 2.24) is 4.98 Å². The maximum Gasteiger partial charge on any atom is 0.142 e. The van der Waals surface area contributed by atoms with E-state index in [0.717, 1.165) is 38.0 Å². The molecular weight excluding hydrogens is 469 g/mol. The Labute approximate surface area is 194 Å². The van der Waals surface area contributed by atoms with Crippen molar-refractivity contribution in [1.29, 1.82) is 5.26 Å². The quantitative estimate of drug-likeness (QED) is 0.341. The van der Waals surface area contributed by atoms with Gasteiger partial charge in [-0.1, -0.05) is 48.5 Å². The second-order valence-corrected chi connectivity index (χ2v) is 8.10. The minimum absolute atomic E-state index is 0.201. The van der Waals surface area contributed by atoms with Crippen LogP contribution in [0.15, 0.2) is 77.3 Å². The first-order chi connectivity index (χ1) is 15.5. The van der Waals surface area contributed by atoms with Gasteiger partial charge < -0.3 is 10.5 Å². The lowest BCUT2D eigenvalue weighted by molar-refractivity contribution is 0.304. The maximum atomic E-state index is 13.1. The van der Waals surface area contributed by atoms with Gasteiger partial charge in [0.05, 0.1) is 4.47 Å². The number of nitrogens with two attached hydrogens (primary N) is 1. The van der Waals surface area contributed by atoms with E-state index in [1.54, 1.807) is 12.1 Å². The standard InChI is InChI=1S/C26H19BrFN3O/c1-16-24(18-5-3-2-4-6-18)25(21(14-29)26(30)31-16)19-9-12-23(22(27)13-19)32-15-17-7-10-20(28)11-8-17/h2-13H,15H2,1H3,(H2,30,31). The number of rotatable bonds is 5. The second kappa shape index (κ2) is 9.21. The Balaban J connectivity index is 1.76. The molecule has 4 rings (SSSR count). The van der Waals surface area contributed by atoms with E-state index in [-0.39, 0.29) is 11.6 Å². The Morgan fingerprint density at radius 3 is 2.38 bits per heavy atom. The first-order valence-electron chi connectivity index (χ1n) is 9.90. The molecule has 3 aromatic carbocycles. The van der Waals surface area contributed by atoms with Crippen LogP contribution in [-0.4, -0.2) is 4.98 Å². The molecular formula is C26H19BrFN3O. The van der Waals surface area contributed by atoms with Gasteiger partial charge in [-0.05, 0) is 63.8 Å². The van der Waals surface area contributed by atoms with Crippen LogP contribution in [0.5, 0.6) is 5.75 Å². The summed E-state index contributed by atoms with van der Waals surface area (Å²) in [6, 6.07) is 23.8. The van der Waals surface area contributed by atoms with Crippen LogP contribution in [0.3, 0.4) is 0 Å². The number of aryl methyl sites for hydroxylation is 1. The molecule has 0 aliphatic heterocycles. The second-order valence-electron chi connectivity index (χ2n) is 7.25. The van der Waals surface area contributed by atoms with Crippen LogP contribution in [0.2, 0.25) is 0 Å². The average molecular weight is 488 g/mol. The highest BCUT2D eigenvalue weighted by atomic mass is 79.9. The first-order valence-corrected chi connectivity index (χ1v) is 10.7. The van der Waals surface area contributed by atoms with Crippen molar-refractivity contribution in [2.75, 3.05) is 5.73 Å². The number of benzene rings is 3. The summed E-state index contributed by atoms with van der Waals surface area (Å²) in [4.78, 5) is 4.41. The Morgan fingerprint density at radius 2 is 1.72 bits per heavy atom. The molecule has 6 heteroatoms. The summed E-state index contributed by atoms with van der Waals surface area (Å²) >= 11 is 3.58. The normalized spacial score (nSPS) is 10.6. The molecule has 0 atom stereocenters. The topological polar surface area (TPSA) is 71.9 Å². The maximum absolute atomic E-state index is 13.1. The number of nitrogens with zero attached hydrogens (tertiary/aromatic N) is 2. The Kier molecular flexibility index (Phi) is 6.20. The van der Waals surface area contributed by atoms with Crippen molar-refractivity contribution in [3.8, 4) is 34.1 Å². The van der Waals surface area contributed by atoms with E-state index in [2.05, 4.69) is 27.0 Å². The smallest absolute Gasteiger partial charge is 0.142 e. The third-order valence-electron chi connectivity index (χ3n) is 5.11. The molecule has 0 spiro atoms. The number of nitriles is 1. The zero-order valence-corrected chi connectivity index (χ0v) is 18.9. The van der Waals surface area contributed by atoms with E-state index in [4.69, 9.17) is 10.5 Å². The minimum Gasteiger partial charge on any atom is -0.488 e. The van der Waals surface area contributed by atoms with Crippen LogP contribution in [0.25, 0.3) is 22.3 Å². The number of ether oxygens (including phenoxy) is 1. The van der Waals surface area contributed by atoms with Gasteiger partial charge in [-0.3, -0.25) is 0 Å². The first kappa shape index (κ1) is 21.5. The molecule has 0 radical (unpaired) electrons. The third-order valence-corrected chi connectivity index (χ3v) is 5.73. The molecule has 4 aromatic rings. The van der Waals surface area contributed by atoms with Crippen LogP contribution in [0.4, 0.5) is 10.2 Å². The Morgan fingerprint density at radius 1 is 1.00 bits per heavy atom. The molecule has 0 saturated heterocycles. The number of nitrogen functional groups attached to an aromatic ring is 1. The van der Waals surface area contributed by atoms with Gasteiger partial charge in [0.25, 0.3) is 0 Å². The summed E-state index contributed by atoms with van der Waals surface area (Å²) < 4.78 is 19.7. The fraction of sp³-hybridized carbons (Fsp3) is 0.0769.